The summed E-state index contributed by atoms with van der Waals surface area (Å²) in [7, 11) is 0. The van der Waals surface area contributed by atoms with Gasteiger partial charge < -0.3 is 15.1 Å². The van der Waals surface area contributed by atoms with E-state index < -0.39 is 0 Å². The van der Waals surface area contributed by atoms with Gasteiger partial charge in [0.05, 0.1) is 12.1 Å². The lowest BCUT2D eigenvalue weighted by molar-refractivity contribution is 0.233. The third kappa shape index (κ3) is 3.54. The minimum absolute atomic E-state index is 0.0564. The summed E-state index contributed by atoms with van der Waals surface area (Å²) in [6, 6.07) is 19.2. The Labute approximate surface area is 135 Å². The fraction of sp³-hybridized carbons (Fsp3) is 0.211. The van der Waals surface area contributed by atoms with Crippen LogP contribution in [0.1, 0.15) is 37.3 Å². The summed E-state index contributed by atoms with van der Waals surface area (Å²) in [4.78, 5) is 12.2. The lowest BCUT2D eigenvalue weighted by Gasteiger charge is -2.17. The quantitative estimate of drug-likeness (QED) is 0.742. The Morgan fingerprint density at radius 2 is 1.57 bits per heavy atom. The summed E-state index contributed by atoms with van der Waals surface area (Å²) in [5.74, 6) is 0.744. The first-order valence-electron chi connectivity index (χ1n) is 7.74. The zero-order valence-electron chi connectivity index (χ0n) is 13.2. The molecule has 0 aliphatic heterocycles. The molecule has 0 radical (unpaired) electrons. The molecule has 0 fully saturated rings. The Bertz CT molecular complexity index is 762. The zero-order chi connectivity index (χ0) is 16.2. The number of nitrogens with one attached hydrogen (secondary N) is 2. The van der Waals surface area contributed by atoms with Gasteiger partial charge in [0.2, 0.25) is 0 Å². The highest BCUT2D eigenvalue weighted by molar-refractivity contribution is 5.78. The van der Waals surface area contributed by atoms with Crippen LogP contribution >= 0.6 is 0 Å². The molecule has 118 valence electrons. The van der Waals surface area contributed by atoms with Crippen LogP contribution in [-0.4, -0.2) is 6.03 Å². The zero-order valence-corrected chi connectivity index (χ0v) is 13.2. The molecule has 0 bridgehead atoms. The number of rotatable bonds is 4. The second kappa shape index (κ2) is 6.57. The van der Waals surface area contributed by atoms with E-state index in [1.54, 1.807) is 0 Å². The van der Waals surface area contributed by atoms with Crippen molar-refractivity contribution < 1.29 is 9.21 Å². The van der Waals surface area contributed by atoms with Crippen molar-refractivity contribution in [2.45, 2.75) is 25.9 Å². The van der Waals surface area contributed by atoms with E-state index in [-0.39, 0.29) is 18.1 Å². The summed E-state index contributed by atoms with van der Waals surface area (Å²) >= 11 is 0. The van der Waals surface area contributed by atoms with Crippen molar-refractivity contribution in [2.24, 2.45) is 0 Å². The molecule has 4 nitrogen and oxygen atoms in total. The number of fused-ring (bicyclic) bond motifs is 1. The largest absolute Gasteiger partial charge is 0.459 e. The van der Waals surface area contributed by atoms with Crippen LogP contribution in [0.4, 0.5) is 4.79 Å². The maximum Gasteiger partial charge on any atom is 0.315 e. The van der Waals surface area contributed by atoms with Gasteiger partial charge in [-0.15, -0.1) is 0 Å². The van der Waals surface area contributed by atoms with Gasteiger partial charge >= 0.3 is 6.03 Å². The SMILES string of the molecule is C[C@@H](NC(=O)N[C@H](C)c1cc2ccccc2o1)c1ccccc1. The van der Waals surface area contributed by atoms with Crippen LogP contribution in [0, 0.1) is 0 Å². The normalized spacial score (nSPS) is 13.5. The third-order valence-corrected chi connectivity index (χ3v) is 3.87. The maximum atomic E-state index is 12.2. The van der Waals surface area contributed by atoms with E-state index in [9.17, 15) is 4.79 Å². The molecule has 23 heavy (non-hydrogen) atoms. The number of furan rings is 1. The van der Waals surface area contributed by atoms with Gasteiger partial charge in [-0.25, -0.2) is 4.79 Å². The summed E-state index contributed by atoms with van der Waals surface area (Å²) in [5.41, 5.74) is 1.90. The van der Waals surface area contributed by atoms with Crippen LogP contribution in [0.2, 0.25) is 0 Å². The van der Waals surface area contributed by atoms with Gasteiger partial charge in [-0.1, -0.05) is 48.5 Å². The molecule has 2 atom stereocenters. The average molecular weight is 308 g/mol. The molecule has 0 saturated carbocycles. The molecular weight excluding hydrogens is 288 g/mol. The molecule has 0 aliphatic rings. The molecule has 0 unspecified atom stereocenters. The van der Waals surface area contributed by atoms with Crippen LogP contribution in [-0.2, 0) is 0 Å². The molecule has 0 spiro atoms. The Balaban J connectivity index is 1.63. The van der Waals surface area contributed by atoms with Crippen molar-refractivity contribution >= 4 is 17.0 Å². The molecule has 2 amide bonds. The average Bonchev–Trinajstić information content (AvgIpc) is 2.99. The monoisotopic (exact) mass is 308 g/mol. The fourth-order valence-corrected chi connectivity index (χ4v) is 2.55. The number of amides is 2. The van der Waals surface area contributed by atoms with Gasteiger partial charge in [0.25, 0.3) is 0 Å². The Morgan fingerprint density at radius 3 is 2.30 bits per heavy atom. The molecule has 1 heterocycles. The number of benzene rings is 2. The molecule has 1 aromatic heterocycles. The summed E-state index contributed by atoms with van der Waals surface area (Å²) in [5, 5.41) is 6.89. The van der Waals surface area contributed by atoms with E-state index in [0.29, 0.717) is 0 Å². The van der Waals surface area contributed by atoms with Crippen molar-refractivity contribution in [3.63, 3.8) is 0 Å². The van der Waals surface area contributed by atoms with Gasteiger partial charge in [-0.05, 0) is 31.5 Å². The highest BCUT2D eigenvalue weighted by atomic mass is 16.3. The van der Waals surface area contributed by atoms with E-state index in [4.69, 9.17) is 4.42 Å². The summed E-state index contributed by atoms with van der Waals surface area (Å²) < 4.78 is 5.78. The van der Waals surface area contributed by atoms with E-state index in [1.807, 2.05) is 74.5 Å². The third-order valence-electron chi connectivity index (χ3n) is 3.87. The first-order chi connectivity index (χ1) is 11.1. The van der Waals surface area contributed by atoms with E-state index in [0.717, 1.165) is 22.3 Å². The van der Waals surface area contributed by atoms with Crippen LogP contribution in [0.3, 0.4) is 0 Å². The lowest BCUT2D eigenvalue weighted by Crippen LogP contribution is -2.38. The predicted octanol–water partition coefficient (Wildman–Crippen LogP) is 4.55. The predicted molar refractivity (Wildman–Crippen MR) is 91.2 cm³/mol. The van der Waals surface area contributed by atoms with Crippen molar-refractivity contribution in [1.82, 2.24) is 10.6 Å². The highest BCUT2D eigenvalue weighted by Gasteiger charge is 2.15. The van der Waals surface area contributed by atoms with Gasteiger partial charge in [0.15, 0.2) is 0 Å². The Kier molecular flexibility index (Phi) is 4.33. The Morgan fingerprint density at radius 1 is 0.913 bits per heavy atom. The van der Waals surface area contributed by atoms with Gasteiger partial charge in [-0.3, -0.25) is 0 Å². The molecule has 3 aromatic rings. The van der Waals surface area contributed by atoms with E-state index in [2.05, 4.69) is 10.6 Å². The molecular formula is C19H20N2O2. The van der Waals surface area contributed by atoms with Gasteiger partial charge in [-0.2, -0.15) is 0 Å². The Hall–Kier alpha value is -2.75. The highest BCUT2D eigenvalue weighted by Crippen LogP contribution is 2.23. The topological polar surface area (TPSA) is 54.3 Å². The van der Waals surface area contributed by atoms with E-state index in [1.165, 1.54) is 0 Å². The molecule has 2 N–H and O–H groups in total. The smallest absolute Gasteiger partial charge is 0.315 e. The van der Waals surface area contributed by atoms with Crippen LogP contribution in [0.25, 0.3) is 11.0 Å². The first-order valence-corrected chi connectivity index (χ1v) is 7.74. The van der Waals surface area contributed by atoms with Crippen molar-refractivity contribution in [3.8, 4) is 0 Å². The fourth-order valence-electron chi connectivity index (χ4n) is 2.55. The minimum atomic E-state index is -0.214. The first kappa shape index (κ1) is 15.2. The molecule has 0 aliphatic carbocycles. The molecule has 0 saturated heterocycles. The summed E-state index contributed by atoms with van der Waals surface area (Å²) in [6.07, 6.45) is 0. The maximum absolute atomic E-state index is 12.2. The lowest BCUT2D eigenvalue weighted by atomic mass is 10.1. The van der Waals surface area contributed by atoms with Gasteiger partial charge in [0.1, 0.15) is 11.3 Å². The number of carbonyl (C=O) groups excluding carboxylic acids is 1. The number of para-hydroxylation sites is 1. The number of hydrogen-bond donors (Lipinski definition) is 2. The van der Waals surface area contributed by atoms with Crippen molar-refractivity contribution in [3.05, 3.63) is 72.0 Å². The van der Waals surface area contributed by atoms with Gasteiger partial charge in [0, 0.05) is 5.39 Å². The number of urea groups is 1. The molecule has 2 aromatic carbocycles. The van der Waals surface area contributed by atoms with Crippen LogP contribution in [0.15, 0.2) is 65.1 Å². The van der Waals surface area contributed by atoms with Crippen LogP contribution < -0.4 is 10.6 Å². The molecule has 4 heteroatoms. The second-order valence-corrected chi connectivity index (χ2v) is 5.66. The standard InChI is InChI=1S/C19H20N2O2/c1-13(15-8-4-3-5-9-15)20-19(22)21-14(2)18-12-16-10-6-7-11-17(16)23-18/h3-14H,1-2H3,(H2,20,21,22)/t13-,14-/m1/s1. The van der Waals surface area contributed by atoms with Crippen molar-refractivity contribution in [2.75, 3.05) is 0 Å². The number of carbonyl (C=O) groups is 1. The summed E-state index contributed by atoms with van der Waals surface area (Å²) in [6.45, 7) is 3.87. The van der Waals surface area contributed by atoms with Crippen molar-refractivity contribution in [1.29, 1.82) is 0 Å². The molecule has 3 rings (SSSR count). The number of hydrogen-bond acceptors (Lipinski definition) is 2. The minimum Gasteiger partial charge on any atom is -0.459 e. The second-order valence-electron chi connectivity index (χ2n) is 5.66. The van der Waals surface area contributed by atoms with E-state index >= 15 is 0 Å². The van der Waals surface area contributed by atoms with Crippen LogP contribution in [0.5, 0.6) is 0 Å².